The minimum absolute atomic E-state index is 0.0753. The van der Waals surface area contributed by atoms with Gasteiger partial charge < -0.3 is 10.6 Å². The van der Waals surface area contributed by atoms with Gasteiger partial charge in [0.05, 0.1) is 11.0 Å². The van der Waals surface area contributed by atoms with Gasteiger partial charge in [0.15, 0.2) is 0 Å². The molecule has 2 N–H and O–H groups in total. The van der Waals surface area contributed by atoms with Crippen LogP contribution in [0.3, 0.4) is 0 Å². The smallest absolute Gasteiger partial charge is 0.236 e. The average molecular weight is 280 g/mol. The molecular weight excluding hydrogens is 271 g/mol. The van der Waals surface area contributed by atoms with Crippen molar-refractivity contribution >= 4 is 39.3 Å². The van der Waals surface area contributed by atoms with E-state index in [1.165, 1.54) is 6.20 Å². The highest BCUT2D eigenvalue weighted by molar-refractivity contribution is 9.10. The molecule has 0 radical (unpaired) electrons. The fraction of sp³-hybridized carbons (Fsp3) is 0.286. The summed E-state index contributed by atoms with van der Waals surface area (Å²) in [6.45, 7) is 0.0753. The molecular formula is C7H8BrClN4O. The van der Waals surface area contributed by atoms with Gasteiger partial charge in [-0.3, -0.25) is 4.79 Å². The van der Waals surface area contributed by atoms with Gasteiger partial charge >= 0.3 is 0 Å². The number of carbonyl (C=O) groups excluding carboxylic acids is 1. The molecule has 0 aliphatic rings. The third-order valence-electron chi connectivity index (χ3n) is 1.45. The van der Waals surface area contributed by atoms with E-state index in [1.54, 1.807) is 11.9 Å². The lowest BCUT2D eigenvalue weighted by atomic mass is 10.5. The van der Waals surface area contributed by atoms with Crippen LogP contribution in [-0.2, 0) is 4.79 Å². The Morgan fingerprint density at radius 2 is 2.43 bits per heavy atom. The summed E-state index contributed by atoms with van der Waals surface area (Å²) in [4.78, 5) is 20.0. The summed E-state index contributed by atoms with van der Waals surface area (Å²) in [6.07, 6.45) is 1.52. The summed E-state index contributed by atoms with van der Waals surface area (Å²) in [6, 6.07) is 0. The highest BCUT2D eigenvalue weighted by Crippen LogP contribution is 2.22. The molecule has 0 spiro atoms. The Morgan fingerprint density at radius 1 is 1.79 bits per heavy atom. The first kappa shape index (κ1) is 11.2. The fourth-order valence-corrected chi connectivity index (χ4v) is 1.54. The van der Waals surface area contributed by atoms with Gasteiger partial charge in [-0.15, -0.1) is 0 Å². The number of likely N-dealkylation sites (N-methyl/N-ethyl adjacent to an activating group) is 1. The van der Waals surface area contributed by atoms with Gasteiger partial charge in [-0.25, -0.2) is 4.98 Å². The number of nitrogens with two attached hydrogens (primary N) is 1. The summed E-state index contributed by atoms with van der Waals surface area (Å²) in [5.74, 6) is 0.0953. The van der Waals surface area contributed by atoms with Gasteiger partial charge in [0.1, 0.15) is 5.82 Å². The zero-order chi connectivity index (χ0) is 10.7. The Hall–Kier alpha value is -0.880. The van der Waals surface area contributed by atoms with E-state index in [0.717, 1.165) is 0 Å². The van der Waals surface area contributed by atoms with Crippen molar-refractivity contribution in [2.75, 3.05) is 18.5 Å². The highest BCUT2D eigenvalue weighted by atomic mass is 79.9. The van der Waals surface area contributed by atoms with Crippen LogP contribution in [0.1, 0.15) is 0 Å². The number of carbonyl (C=O) groups is 1. The van der Waals surface area contributed by atoms with E-state index in [0.29, 0.717) is 10.3 Å². The fourth-order valence-electron chi connectivity index (χ4n) is 0.914. The van der Waals surface area contributed by atoms with Crippen molar-refractivity contribution in [3.63, 3.8) is 0 Å². The molecule has 76 valence electrons. The lowest BCUT2D eigenvalue weighted by Crippen LogP contribution is -2.31. The number of primary amides is 1. The molecule has 1 rings (SSSR count). The van der Waals surface area contributed by atoms with E-state index < -0.39 is 5.91 Å². The number of hydrogen-bond acceptors (Lipinski definition) is 4. The van der Waals surface area contributed by atoms with Gasteiger partial charge in [0.2, 0.25) is 11.2 Å². The second-order valence-electron chi connectivity index (χ2n) is 2.63. The highest BCUT2D eigenvalue weighted by Gasteiger charge is 2.10. The molecule has 14 heavy (non-hydrogen) atoms. The number of hydrogen-bond donors (Lipinski definition) is 1. The molecule has 1 amide bonds. The molecule has 0 unspecified atom stereocenters. The second-order valence-corrected chi connectivity index (χ2v) is 3.83. The Balaban J connectivity index is 2.93. The van der Waals surface area contributed by atoms with Crippen molar-refractivity contribution in [3.8, 4) is 0 Å². The zero-order valence-corrected chi connectivity index (χ0v) is 9.71. The standard InChI is InChI=1S/C7H8BrClN4O/c1-13(3-5(10)14)6-4(8)2-11-7(9)12-6/h2H,3H2,1H3,(H2,10,14). The maximum Gasteiger partial charge on any atom is 0.236 e. The van der Waals surface area contributed by atoms with Crippen molar-refractivity contribution in [1.82, 2.24) is 9.97 Å². The summed E-state index contributed by atoms with van der Waals surface area (Å²) in [5.41, 5.74) is 5.05. The molecule has 0 fully saturated rings. The number of nitrogens with zero attached hydrogens (tertiary/aromatic N) is 3. The monoisotopic (exact) mass is 278 g/mol. The van der Waals surface area contributed by atoms with E-state index in [1.807, 2.05) is 0 Å². The third kappa shape index (κ3) is 2.81. The lowest BCUT2D eigenvalue weighted by molar-refractivity contribution is -0.116. The summed E-state index contributed by atoms with van der Waals surface area (Å²) >= 11 is 8.86. The van der Waals surface area contributed by atoms with Crippen LogP contribution in [-0.4, -0.2) is 29.5 Å². The van der Waals surface area contributed by atoms with E-state index >= 15 is 0 Å². The topological polar surface area (TPSA) is 72.1 Å². The summed E-state index contributed by atoms with van der Waals surface area (Å²) < 4.78 is 0.658. The van der Waals surface area contributed by atoms with Gasteiger partial charge in [-0.1, -0.05) is 0 Å². The molecule has 0 aliphatic heterocycles. The maximum absolute atomic E-state index is 10.7. The van der Waals surface area contributed by atoms with E-state index in [4.69, 9.17) is 17.3 Å². The van der Waals surface area contributed by atoms with Crippen LogP contribution in [0.2, 0.25) is 5.28 Å². The minimum atomic E-state index is -0.436. The molecule has 0 saturated heterocycles. The Labute approximate surface area is 94.4 Å². The molecule has 0 aliphatic carbocycles. The number of aromatic nitrogens is 2. The van der Waals surface area contributed by atoms with Gasteiger partial charge in [0, 0.05) is 13.2 Å². The van der Waals surface area contributed by atoms with Crippen molar-refractivity contribution < 1.29 is 4.79 Å². The van der Waals surface area contributed by atoms with Crippen molar-refractivity contribution in [3.05, 3.63) is 16.0 Å². The second kappa shape index (κ2) is 4.56. The van der Waals surface area contributed by atoms with Crippen molar-refractivity contribution in [1.29, 1.82) is 0 Å². The lowest BCUT2D eigenvalue weighted by Gasteiger charge is -2.16. The van der Waals surface area contributed by atoms with Crippen molar-refractivity contribution in [2.45, 2.75) is 0 Å². The zero-order valence-electron chi connectivity index (χ0n) is 7.37. The predicted octanol–water partition coefficient (Wildman–Crippen LogP) is 0.814. The molecule has 7 heteroatoms. The number of halogens is 2. The Kier molecular flexibility index (Phi) is 3.65. The molecule has 0 bridgehead atoms. The summed E-state index contributed by atoms with van der Waals surface area (Å²) in [5, 5.41) is 0.125. The first-order valence-electron chi connectivity index (χ1n) is 3.68. The van der Waals surface area contributed by atoms with Crippen LogP contribution in [0.4, 0.5) is 5.82 Å². The van der Waals surface area contributed by atoms with Crippen molar-refractivity contribution in [2.24, 2.45) is 5.73 Å². The Morgan fingerprint density at radius 3 is 3.00 bits per heavy atom. The maximum atomic E-state index is 10.7. The first-order valence-corrected chi connectivity index (χ1v) is 4.85. The number of rotatable bonds is 3. The first-order chi connectivity index (χ1) is 6.50. The van der Waals surface area contributed by atoms with Gasteiger partial charge in [0.25, 0.3) is 0 Å². The summed E-state index contributed by atoms with van der Waals surface area (Å²) in [7, 11) is 1.69. The van der Waals surface area contributed by atoms with E-state index in [2.05, 4.69) is 25.9 Å². The number of anilines is 1. The van der Waals surface area contributed by atoms with Crippen LogP contribution in [0.5, 0.6) is 0 Å². The van der Waals surface area contributed by atoms with E-state index in [-0.39, 0.29) is 11.8 Å². The molecule has 1 aromatic rings. The largest absolute Gasteiger partial charge is 0.368 e. The molecule has 0 saturated carbocycles. The molecule has 0 atom stereocenters. The van der Waals surface area contributed by atoms with Crippen LogP contribution in [0.15, 0.2) is 10.7 Å². The minimum Gasteiger partial charge on any atom is -0.368 e. The molecule has 1 aromatic heterocycles. The SMILES string of the molecule is CN(CC(N)=O)c1nc(Cl)ncc1Br. The molecule has 1 heterocycles. The average Bonchev–Trinajstić information content (AvgIpc) is 2.08. The van der Waals surface area contributed by atoms with Crippen LogP contribution in [0.25, 0.3) is 0 Å². The Bertz CT molecular complexity index is 360. The van der Waals surface area contributed by atoms with Gasteiger partial charge in [-0.2, -0.15) is 4.98 Å². The normalized spacial score (nSPS) is 9.93. The van der Waals surface area contributed by atoms with Crippen LogP contribution < -0.4 is 10.6 Å². The van der Waals surface area contributed by atoms with E-state index in [9.17, 15) is 4.79 Å². The molecule has 0 aromatic carbocycles. The molecule has 5 nitrogen and oxygen atoms in total. The van der Waals surface area contributed by atoms with Crippen LogP contribution in [0, 0.1) is 0 Å². The predicted molar refractivity (Wildman–Crippen MR) is 57.2 cm³/mol. The quantitative estimate of drug-likeness (QED) is 0.831. The van der Waals surface area contributed by atoms with Crippen LogP contribution >= 0.6 is 27.5 Å². The number of amides is 1. The van der Waals surface area contributed by atoms with Gasteiger partial charge in [-0.05, 0) is 27.5 Å². The third-order valence-corrected chi connectivity index (χ3v) is 2.19.